The van der Waals surface area contributed by atoms with Gasteiger partial charge in [-0.3, -0.25) is 19.2 Å². The molecule has 0 bridgehead atoms. The number of hydrogen-bond donors (Lipinski definition) is 4. The number of amides is 4. The average molecular weight is 807 g/mol. The second-order valence-corrected chi connectivity index (χ2v) is 15.5. The minimum Gasteiger partial charge on any atom is -0.391 e. The van der Waals surface area contributed by atoms with E-state index in [0.29, 0.717) is 23.0 Å². The van der Waals surface area contributed by atoms with Gasteiger partial charge >= 0.3 is 23.6 Å². The highest BCUT2D eigenvalue weighted by molar-refractivity contribution is 6.35. The van der Waals surface area contributed by atoms with Gasteiger partial charge in [0.1, 0.15) is 11.6 Å². The first-order valence-electron chi connectivity index (χ1n) is 19.3. The summed E-state index contributed by atoms with van der Waals surface area (Å²) in [6.45, 7) is -1.02. The molecule has 4 atom stereocenters. The normalized spacial score (nSPS) is 24.3. The van der Waals surface area contributed by atoms with Crippen LogP contribution in [0.1, 0.15) is 62.3 Å². The summed E-state index contributed by atoms with van der Waals surface area (Å²) < 4.78 is 54.5. The molecule has 2 aromatic carbocycles. The number of piperidine rings is 2. The molecule has 6 heterocycles. The lowest BCUT2D eigenvalue weighted by Crippen LogP contribution is -2.50. The fraction of sp³-hybridized carbons (Fsp3) is 0.450. The van der Waals surface area contributed by atoms with E-state index in [4.69, 9.17) is 0 Å². The van der Waals surface area contributed by atoms with E-state index in [0.717, 1.165) is 32.1 Å². The monoisotopic (exact) mass is 806 g/mol. The number of benzene rings is 2. The molecule has 0 radical (unpaired) electrons. The van der Waals surface area contributed by atoms with Crippen molar-refractivity contribution in [3.63, 3.8) is 0 Å². The second kappa shape index (κ2) is 15.3. The molecule has 4 saturated heterocycles. The molecule has 0 saturated carbocycles. The van der Waals surface area contributed by atoms with Crippen LogP contribution in [-0.2, 0) is 19.2 Å². The molecule has 4 aromatic rings. The van der Waals surface area contributed by atoms with E-state index < -0.39 is 85.4 Å². The lowest BCUT2D eigenvalue weighted by molar-refractivity contribution is -0.156. The average Bonchev–Trinajstić information content (AvgIpc) is 4.04. The number of aliphatic hydroxyl groups is 2. The number of alkyl halides is 4. The molecule has 0 aliphatic carbocycles. The van der Waals surface area contributed by atoms with Gasteiger partial charge in [-0.25, -0.2) is 27.5 Å². The van der Waals surface area contributed by atoms with Gasteiger partial charge in [0.05, 0.1) is 35.7 Å². The van der Waals surface area contributed by atoms with Crippen LogP contribution in [0.25, 0.3) is 33.6 Å². The molecule has 2 aromatic heterocycles. The number of imidazole rings is 2. The van der Waals surface area contributed by atoms with Crippen LogP contribution < -0.4 is 0 Å². The van der Waals surface area contributed by atoms with Crippen molar-refractivity contribution in [2.45, 2.75) is 74.7 Å². The molecule has 4 N–H and O–H groups in total. The topological polar surface area (TPSA) is 179 Å². The first kappa shape index (κ1) is 39.2. The lowest BCUT2D eigenvalue weighted by Gasteiger charge is -2.33. The van der Waals surface area contributed by atoms with Gasteiger partial charge < -0.3 is 39.8 Å². The lowest BCUT2D eigenvalue weighted by atomic mass is 10.0. The Kier molecular flexibility index (Phi) is 10.3. The van der Waals surface area contributed by atoms with E-state index in [2.05, 4.69) is 19.9 Å². The van der Waals surface area contributed by atoms with E-state index in [1.54, 1.807) is 12.4 Å². The summed E-state index contributed by atoms with van der Waals surface area (Å²) in [5.41, 5.74) is 4.54. The fourth-order valence-corrected chi connectivity index (χ4v) is 8.16. The number of nitrogens with zero attached hydrogens (tertiary/aromatic N) is 6. The Hall–Kier alpha value is -5.62. The van der Waals surface area contributed by atoms with Crippen LogP contribution in [0.5, 0.6) is 0 Å². The third-order valence-corrected chi connectivity index (χ3v) is 11.5. The Morgan fingerprint density at radius 2 is 0.879 bits per heavy atom. The molecule has 306 valence electrons. The number of halogens is 4. The third-order valence-electron chi connectivity index (χ3n) is 11.5. The van der Waals surface area contributed by atoms with Crippen LogP contribution >= 0.6 is 0 Å². The maximum atomic E-state index is 13.6. The number of carbonyl (C=O) groups is 4. The number of rotatable bonds is 5. The largest absolute Gasteiger partial charge is 0.391 e. The minimum absolute atomic E-state index is 0.0789. The zero-order valence-electron chi connectivity index (χ0n) is 31.3. The van der Waals surface area contributed by atoms with E-state index in [1.165, 1.54) is 9.80 Å². The number of β-amino-alcohol motifs (C(OH)–C–C–N with tert-alkyl or cyclic N) is 2. The van der Waals surface area contributed by atoms with Crippen LogP contribution in [-0.4, -0.2) is 137 Å². The highest BCUT2D eigenvalue weighted by Gasteiger charge is 2.45. The molecule has 4 fully saturated rings. The van der Waals surface area contributed by atoms with Gasteiger partial charge in [0.15, 0.2) is 0 Å². The van der Waals surface area contributed by atoms with Crippen LogP contribution in [0.3, 0.4) is 0 Å². The van der Waals surface area contributed by atoms with Gasteiger partial charge in [-0.2, -0.15) is 0 Å². The molecule has 4 aliphatic heterocycles. The summed E-state index contributed by atoms with van der Waals surface area (Å²) in [5.74, 6) is -8.40. The molecule has 58 heavy (non-hydrogen) atoms. The highest BCUT2D eigenvalue weighted by atomic mass is 19.3. The Morgan fingerprint density at radius 3 is 1.22 bits per heavy atom. The van der Waals surface area contributed by atoms with Crippen LogP contribution in [0.4, 0.5) is 17.6 Å². The molecule has 0 spiro atoms. The van der Waals surface area contributed by atoms with Gasteiger partial charge in [0.25, 0.3) is 11.8 Å². The zero-order chi connectivity index (χ0) is 40.9. The van der Waals surface area contributed by atoms with Gasteiger partial charge in [0, 0.05) is 101 Å². The summed E-state index contributed by atoms with van der Waals surface area (Å²) >= 11 is 0. The first-order valence-corrected chi connectivity index (χ1v) is 19.3. The number of H-pyrrole nitrogens is 2. The van der Waals surface area contributed by atoms with Crippen molar-refractivity contribution in [2.75, 3.05) is 39.3 Å². The van der Waals surface area contributed by atoms with Crippen molar-refractivity contribution < 1.29 is 47.0 Å². The molecule has 4 amide bonds. The van der Waals surface area contributed by atoms with Crippen molar-refractivity contribution in [3.05, 3.63) is 72.6 Å². The zero-order valence-corrected chi connectivity index (χ0v) is 31.3. The number of carbonyl (C=O) groups excluding carboxylic acids is 4. The van der Waals surface area contributed by atoms with Crippen molar-refractivity contribution in [1.29, 1.82) is 0 Å². The van der Waals surface area contributed by atoms with Gasteiger partial charge in [0.2, 0.25) is 0 Å². The van der Waals surface area contributed by atoms with Gasteiger partial charge in [-0.1, -0.05) is 48.5 Å². The smallest absolute Gasteiger partial charge is 0.312 e. The molecular formula is C40H42F4N8O6. The number of likely N-dealkylation sites (tertiary alicyclic amines) is 4. The maximum Gasteiger partial charge on any atom is 0.312 e. The molecule has 8 rings (SSSR count). The number of hydrogen-bond acceptors (Lipinski definition) is 8. The summed E-state index contributed by atoms with van der Waals surface area (Å²) in [6.07, 6.45) is -0.0955. The molecule has 14 nitrogen and oxygen atoms in total. The number of aliphatic hydroxyl groups excluding tert-OH is 2. The second-order valence-electron chi connectivity index (χ2n) is 15.5. The predicted molar refractivity (Wildman–Crippen MR) is 199 cm³/mol. The third kappa shape index (κ3) is 7.94. The quantitative estimate of drug-likeness (QED) is 0.173. The van der Waals surface area contributed by atoms with Crippen LogP contribution in [0.2, 0.25) is 0 Å². The van der Waals surface area contributed by atoms with Gasteiger partial charge in [-0.05, 0) is 11.1 Å². The number of aromatic nitrogens is 4. The van der Waals surface area contributed by atoms with E-state index in [-0.39, 0.29) is 52.1 Å². The fourth-order valence-electron chi connectivity index (χ4n) is 8.16. The Morgan fingerprint density at radius 1 is 0.552 bits per heavy atom. The van der Waals surface area contributed by atoms with Crippen LogP contribution in [0.15, 0.2) is 60.9 Å². The Bertz CT molecular complexity index is 2020. The van der Waals surface area contributed by atoms with Crippen LogP contribution in [0, 0.1) is 0 Å². The SMILES string of the molecule is O=C(C(=O)N1C[C@H](O)C[C@H]1c1nc(-c2ccc(-c3ccc(-c4c[nH]c([C@@H]5C[C@@H](O)CN5C(=O)C(=O)N5CCC(F)(F)CC5)n4)cc3)cc2)c[nH]1)N1CCC(F)(F)CC1. The van der Waals surface area contributed by atoms with E-state index in [1.807, 2.05) is 48.5 Å². The van der Waals surface area contributed by atoms with Crippen molar-refractivity contribution in [2.24, 2.45) is 0 Å². The summed E-state index contributed by atoms with van der Waals surface area (Å²) in [7, 11) is 0. The molecular weight excluding hydrogens is 764 g/mol. The Balaban J connectivity index is 0.904. The molecule has 18 heteroatoms. The highest BCUT2D eigenvalue weighted by Crippen LogP contribution is 2.36. The standard InChI is InChI=1S/C40H42F4N8O6/c41-39(42)9-13-49(14-10-39)35(55)37(57)51-21-27(53)17-31(51)33-45-19-29(47-33)25-5-1-23(2-6-25)24-3-7-26(8-4-24)30-20-46-34(48-30)32-18-28(54)22-52(32)38(58)36(56)50-15-11-40(43,44)12-16-50/h1-8,19-20,27-28,31-32,53-54H,9-18,21-22H2,(H,45,47)(H,46,48)/t27-,28-,31+,32+/m1/s1. The molecule has 0 unspecified atom stereocenters. The van der Waals surface area contributed by atoms with Crippen molar-refractivity contribution in [1.82, 2.24) is 39.5 Å². The first-order chi connectivity index (χ1) is 27.6. The number of aromatic amines is 2. The summed E-state index contributed by atoms with van der Waals surface area (Å²) in [4.78, 5) is 72.6. The van der Waals surface area contributed by atoms with Crippen molar-refractivity contribution in [3.8, 4) is 33.6 Å². The summed E-state index contributed by atoms with van der Waals surface area (Å²) in [5, 5.41) is 20.8. The Labute approximate surface area is 329 Å². The minimum atomic E-state index is -2.86. The molecule has 4 aliphatic rings. The van der Waals surface area contributed by atoms with E-state index in [9.17, 15) is 47.0 Å². The summed E-state index contributed by atoms with van der Waals surface area (Å²) in [6, 6.07) is 13.9. The predicted octanol–water partition coefficient (Wildman–Crippen LogP) is 3.92. The van der Waals surface area contributed by atoms with Crippen molar-refractivity contribution >= 4 is 23.6 Å². The number of nitrogens with one attached hydrogen (secondary N) is 2. The maximum absolute atomic E-state index is 13.6. The van der Waals surface area contributed by atoms with Gasteiger partial charge in [-0.15, -0.1) is 0 Å². The van der Waals surface area contributed by atoms with E-state index >= 15 is 0 Å².